The molecule has 2 heterocycles. The lowest BCUT2D eigenvalue weighted by molar-refractivity contribution is -0.148. The first kappa shape index (κ1) is 31.4. The van der Waals surface area contributed by atoms with Crippen molar-refractivity contribution < 1.29 is 24.2 Å². The molecule has 46 heavy (non-hydrogen) atoms. The summed E-state index contributed by atoms with van der Waals surface area (Å²) in [4.78, 5) is 38.2. The molecule has 0 bridgehead atoms. The van der Waals surface area contributed by atoms with E-state index in [-0.39, 0.29) is 18.2 Å². The highest BCUT2D eigenvalue weighted by molar-refractivity contribution is 6.07. The normalized spacial score (nSPS) is 16.0. The summed E-state index contributed by atoms with van der Waals surface area (Å²) in [6.45, 7) is 4.95. The van der Waals surface area contributed by atoms with Crippen molar-refractivity contribution in [3.63, 3.8) is 0 Å². The highest BCUT2D eigenvalue weighted by Crippen LogP contribution is 2.47. The number of nitrogens with one attached hydrogen (secondary N) is 2. The van der Waals surface area contributed by atoms with E-state index in [1.54, 1.807) is 31.2 Å². The predicted molar refractivity (Wildman–Crippen MR) is 181 cm³/mol. The summed E-state index contributed by atoms with van der Waals surface area (Å²) in [6.07, 6.45) is 7.49. The number of aliphatic carboxylic acids is 1. The van der Waals surface area contributed by atoms with Crippen molar-refractivity contribution in [2.24, 2.45) is 0 Å². The SMILES string of the molecule is CCCC(CC)(NC(=O)Cc1ccc(NC(=O)c2ccc3c(C4CCCCC4)c4n(c3c2)CCOc2ccccc2-4)cc1)C(=O)O. The number of fused-ring (bicyclic) bond motifs is 5. The Kier molecular flexibility index (Phi) is 9.15. The van der Waals surface area contributed by atoms with Crippen LogP contribution in [0.5, 0.6) is 5.75 Å². The van der Waals surface area contributed by atoms with Gasteiger partial charge in [0.15, 0.2) is 0 Å². The summed E-state index contributed by atoms with van der Waals surface area (Å²) in [5.41, 5.74) is 5.45. The van der Waals surface area contributed by atoms with Crippen molar-refractivity contribution in [3.05, 3.63) is 83.4 Å². The lowest BCUT2D eigenvalue weighted by Gasteiger charge is -2.29. The van der Waals surface area contributed by atoms with Gasteiger partial charge in [-0.3, -0.25) is 9.59 Å². The van der Waals surface area contributed by atoms with E-state index in [2.05, 4.69) is 33.4 Å². The van der Waals surface area contributed by atoms with Gasteiger partial charge < -0.3 is 25.0 Å². The first-order valence-corrected chi connectivity index (χ1v) is 16.7. The molecular weight excluding hydrogens is 578 g/mol. The van der Waals surface area contributed by atoms with Crippen molar-refractivity contribution in [1.82, 2.24) is 9.88 Å². The average Bonchev–Trinajstić information content (AvgIpc) is 3.26. The molecule has 3 N–H and O–H groups in total. The van der Waals surface area contributed by atoms with Gasteiger partial charge in [-0.05, 0) is 79.1 Å². The second-order valence-electron chi connectivity index (χ2n) is 12.7. The molecule has 1 aliphatic carbocycles. The number of benzene rings is 3. The second kappa shape index (κ2) is 13.4. The Labute approximate surface area is 270 Å². The van der Waals surface area contributed by atoms with E-state index in [4.69, 9.17) is 4.74 Å². The fraction of sp³-hybridized carbons (Fsp3) is 0.395. The van der Waals surface area contributed by atoms with Crippen LogP contribution in [0.3, 0.4) is 0 Å². The maximum Gasteiger partial charge on any atom is 0.329 e. The van der Waals surface area contributed by atoms with Crippen LogP contribution < -0.4 is 15.4 Å². The van der Waals surface area contributed by atoms with E-state index in [0.717, 1.165) is 22.4 Å². The van der Waals surface area contributed by atoms with Gasteiger partial charge in [0.25, 0.3) is 5.91 Å². The van der Waals surface area contributed by atoms with Crippen LogP contribution in [0.1, 0.15) is 92.6 Å². The summed E-state index contributed by atoms with van der Waals surface area (Å²) in [7, 11) is 0. The van der Waals surface area contributed by atoms with Crippen LogP contribution in [0.15, 0.2) is 66.7 Å². The number of amides is 2. The minimum atomic E-state index is -1.26. The Bertz CT molecular complexity index is 1750. The fourth-order valence-electron chi connectivity index (χ4n) is 7.35. The zero-order chi connectivity index (χ0) is 32.3. The van der Waals surface area contributed by atoms with E-state index in [1.807, 2.05) is 31.2 Å². The van der Waals surface area contributed by atoms with Crippen molar-refractivity contribution >= 4 is 34.4 Å². The van der Waals surface area contributed by atoms with Gasteiger partial charge in [-0.1, -0.05) is 69.9 Å². The minimum Gasteiger partial charge on any atom is -0.491 e. The van der Waals surface area contributed by atoms with E-state index < -0.39 is 11.5 Å². The fourth-order valence-corrected chi connectivity index (χ4v) is 7.35. The Morgan fingerprint density at radius 3 is 2.46 bits per heavy atom. The first-order valence-electron chi connectivity index (χ1n) is 16.7. The zero-order valence-corrected chi connectivity index (χ0v) is 26.7. The number of carboxylic acid groups (broad SMARTS) is 1. The Hall–Kier alpha value is -4.59. The lowest BCUT2D eigenvalue weighted by Crippen LogP contribution is -2.54. The van der Waals surface area contributed by atoms with E-state index in [1.165, 1.54) is 48.7 Å². The molecule has 8 nitrogen and oxygen atoms in total. The van der Waals surface area contributed by atoms with Gasteiger partial charge in [-0.25, -0.2) is 4.79 Å². The molecule has 2 aliphatic rings. The molecule has 1 atom stereocenters. The number of nitrogens with zero attached hydrogens (tertiary/aromatic N) is 1. The molecule has 1 aromatic heterocycles. The molecule has 240 valence electrons. The summed E-state index contributed by atoms with van der Waals surface area (Å²) in [5.74, 6) is -0.169. The number of rotatable bonds is 10. The highest BCUT2D eigenvalue weighted by Gasteiger charge is 2.37. The van der Waals surface area contributed by atoms with Crippen molar-refractivity contribution in [1.29, 1.82) is 0 Å². The van der Waals surface area contributed by atoms with Crippen LogP contribution in [-0.4, -0.2) is 39.6 Å². The Balaban J connectivity index is 1.23. The second-order valence-corrected chi connectivity index (χ2v) is 12.7. The van der Waals surface area contributed by atoms with Gasteiger partial charge in [0.1, 0.15) is 17.9 Å². The van der Waals surface area contributed by atoms with Crippen LogP contribution in [0.2, 0.25) is 0 Å². The Morgan fingerprint density at radius 2 is 1.74 bits per heavy atom. The molecule has 0 spiro atoms. The van der Waals surface area contributed by atoms with Crippen LogP contribution in [-0.2, 0) is 22.6 Å². The number of para-hydroxylation sites is 1. The molecule has 6 rings (SSSR count). The van der Waals surface area contributed by atoms with Crippen LogP contribution in [0.25, 0.3) is 22.2 Å². The number of carboxylic acids is 1. The molecule has 3 aromatic carbocycles. The van der Waals surface area contributed by atoms with Crippen LogP contribution in [0, 0.1) is 0 Å². The molecule has 1 aliphatic heterocycles. The van der Waals surface area contributed by atoms with E-state index in [0.29, 0.717) is 49.6 Å². The van der Waals surface area contributed by atoms with Crippen LogP contribution >= 0.6 is 0 Å². The predicted octanol–water partition coefficient (Wildman–Crippen LogP) is 7.69. The number of aromatic nitrogens is 1. The van der Waals surface area contributed by atoms with Gasteiger partial charge in [0, 0.05) is 27.7 Å². The number of carbonyl (C=O) groups excluding carboxylic acids is 2. The standard InChI is InChI=1S/C38H43N3O5/c1-3-20-38(4-2,37(44)45)40-33(42)23-25-14-17-28(18-15-25)39-36(43)27-16-19-29-31(24-27)41-21-22-46-32-13-9-8-12-30(32)35(41)34(29)26-10-6-5-7-11-26/h8-9,12-19,24,26H,3-7,10-11,20-23H2,1-2H3,(H,39,43)(H,40,42)(H,44,45). The van der Waals surface area contributed by atoms with Gasteiger partial charge in [-0.2, -0.15) is 0 Å². The number of ether oxygens (including phenoxy) is 1. The molecule has 2 amide bonds. The molecule has 1 unspecified atom stereocenters. The molecule has 0 saturated heterocycles. The molecule has 0 radical (unpaired) electrons. The van der Waals surface area contributed by atoms with Gasteiger partial charge in [0.2, 0.25) is 5.91 Å². The van der Waals surface area contributed by atoms with E-state index >= 15 is 0 Å². The smallest absolute Gasteiger partial charge is 0.329 e. The summed E-state index contributed by atoms with van der Waals surface area (Å²) in [6, 6.07) is 21.4. The lowest BCUT2D eigenvalue weighted by atomic mass is 9.81. The number of hydrogen-bond acceptors (Lipinski definition) is 4. The van der Waals surface area contributed by atoms with Crippen LogP contribution in [0.4, 0.5) is 5.69 Å². The van der Waals surface area contributed by atoms with Gasteiger partial charge >= 0.3 is 5.97 Å². The van der Waals surface area contributed by atoms with E-state index in [9.17, 15) is 19.5 Å². The number of carbonyl (C=O) groups is 3. The average molecular weight is 622 g/mol. The summed E-state index contributed by atoms with van der Waals surface area (Å²) >= 11 is 0. The number of anilines is 1. The van der Waals surface area contributed by atoms with Crippen molar-refractivity contribution in [3.8, 4) is 17.0 Å². The molecule has 4 aromatic rings. The third kappa shape index (κ3) is 6.13. The number of hydrogen-bond donors (Lipinski definition) is 3. The largest absolute Gasteiger partial charge is 0.491 e. The molecule has 1 saturated carbocycles. The maximum absolute atomic E-state index is 13.5. The topological polar surface area (TPSA) is 110 Å². The molecular formula is C38H43N3O5. The zero-order valence-electron chi connectivity index (χ0n) is 26.7. The van der Waals surface area contributed by atoms with Crippen molar-refractivity contribution in [2.75, 3.05) is 11.9 Å². The maximum atomic E-state index is 13.5. The quantitative estimate of drug-likeness (QED) is 0.168. The molecule has 8 heteroatoms. The molecule has 1 fully saturated rings. The van der Waals surface area contributed by atoms with Crippen molar-refractivity contribution in [2.45, 2.75) is 89.6 Å². The monoisotopic (exact) mass is 621 g/mol. The minimum absolute atomic E-state index is 0.0547. The van der Waals surface area contributed by atoms with Gasteiger partial charge in [0.05, 0.1) is 18.7 Å². The first-order chi connectivity index (χ1) is 22.3. The highest BCUT2D eigenvalue weighted by atomic mass is 16.5. The van der Waals surface area contributed by atoms with Gasteiger partial charge in [-0.15, -0.1) is 0 Å². The third-order valence-corrected chi connectivity index (χ3v) is 9.74. The third-order valence-electron chi connectivity index (χ3n) is 9.74. The summed E-state index contributed by atoms with van der Waals surface area (Å²) < 4.78 is 8.52. The Morgan fingerprint density at radius 1 is 0.978 bits per heavy atom. The summed E-state index contributed by atoms with van der Waals surface area (Å²) in [5, 5.41) is 16.7.